The molecule has 0 aromatic heterocycles. The number of anilines is 1. The van der Waals surface area contributed by atoms with Crippen molar-refractivity contribution in [2.24, 2.45) is 0 Å². The Hall–Kier alpha value is -3.08. The first-order valence-corrected chi connectivity index (χ1v) is 7.50. The molecule has 0 atom stereocenters. The lowest BCUT2D eigenvalue weighted by atomic mass is 9.98. The van der Waals surface area contributed by atoms with E-state index >= 15 is 0 Å². The molecule has 24 heavy (non-hydrogen) atoms. The van der Waals surface area contributed by atoms with Crippen LogP contribution in [0.1, 0.15) is 22.8 Å². The molecule has 0 spiro atoms. The minimum absolute atomic E-state index is 0.0684. The average molecular weight is 323 g/mol. The van der Waals surface area contributed by atoms with Gasteiger partial charge in [0.25, 0.3) is 0 Å². The molecular formula is C19H17NO4. The standard InChI is InChI=1S/C19H17NO4/c1-12(21)20-15-5-3-13(4-6-15)9-14-11-24-18-8-7-16(23-2)10-17(18)19(14)22/h3-10H,11H2,1-2H3,(H,20,21)/b14-9-. The number of fused-ring (bicyclic) bond motifs is 1. The van der Waals surface area contributed by atoms with E-state index in [1.54, 1.807) is 43.5 Å². The zero-order valence-electron chi connectivity index (χ0n) is 13.5. The monoisotopic (exact) mass is 323 g/mol. The molecule has 1 amide bonds. The lowest BCUT2D eigenvalue weighted by Crippen LogP contribution is -2.19. The number of amides is 1. The van der Waals surface area contributed by atoms with Crippen LogP contribution in [0.4, 0.5) is 5.69 Å². The van der Waals surface area contributed by atoms with Crippen LogP contribution in [-0.2, 0) is 4.79 Å². The maximum atomic E-state index is 12.6. The van der Waals surface area contributed by atoms with E-state index in [1.165, 1.54) is 6.92 Å². The molecule has 5 heteroatoms. The molecule has 0 aliphatic carbocycles. The number of ether oxygens (including phenoxy) is 2. The fraction of sp³-hybridized carbons (Fsp3) is 0.158. The Labute approximate surface area is 139 Å². The zero-order chi connectivity index (χ0) is 17.1. The highest BCUT2D eigenvalue weighted by Crippen LogP contribution is 2.31. The summed E-state index contributed by atoms with van der Waals surface area (Å²) in [6.45, 7) is 1.69. The molecule has 0 saturated carbocycles. The third-order valence-corrected chi connectivity index (χ3v) is 3.68. The molecule has 0 radical (unpaired) electrons. The second-order valence-electron chi connectivity index (χ2n) is 5.45. The highest BCUT2D eigenvalue weighted by molar-refractivity contribution is 6.14. The number of hydrogen-bond acceptors (Lipinski definition) is 4. The van der Waals surface area contributed by atoms with Crippen molar-refractivity contribution < 1.29 is 19.1 Å². The summed E-state index contributed by atoms with van der Waals surface area (Å²) >= 11 is 0. The Balaban J connectivity index is 1.85. The van der Waals surface area contributed by atoms with Crippen molar-refractivity contribution in [3.63, 3.8) is 0 Å². The van der Waals surface area contributed by atoms with Gasteiger partial charge >= 0.3 is 0 Å². The quantitative estimate of drug-likeness (QED) is 0.880. The van der Waals surface area contributed by atoms with E-state index in [0.717, 1.165) is 5.56 Å². The summed E-state index contributed by atoms with van der Waals surface area (Å²) in [6, 6.07) is 12.5. The van der Waals surface area contributed by atoms with Gasteiger partial charge in [-0.25, -0.2) is 0 Å². The van der Waals surface area contributed by atoms with Crippen LogP contribution in [0, 0.1) is 0 Å². The molecule has 1 aliphatic rings. The van der Waals surface area contributed by atoms with E-state index in [2.05, 4.69) is 5.32 Å². The van der Waals surface area contributed by atoms with Crippen molar-refractivity contribution in [1.82, 2.24) is 0 Å². The maximum Gasteiger partial charge on any atom is 0.221 e. The normalized spacial score (nSPS) is 14.8. The Kier molecular flexibility index (Phi) is 4.33. The Morgan fingerprint density at radius 1 is 1.21 bits per heavy atom. The third kappa shape index (κ3) is 3.30. The van der Waals surface area contributed by atoms with Gasteiger partial charge in [-0.3, -0.25) is 9.59 Å². The first kappa shape index (κ1) is 15.8. The summed E-state index contributed by atoms with van der Waals surface area (Å²) in [4.78, 5) is 23.7. The van der Waals surface area contributed by atoms with Gasteiger partial charge < -0.3 is 14.8 Å². The number of rotatable bonds is 3. The van der Waals surface area contributed by atoms with Gasteiger partial charge in [-0.05, 0) is 42.0 Å². The first-order valence-electron chi connectivity index (χ1n) is 7.50. The van der Waals surface area contributed by atoms with Gasteiger partial charge in [0.15, 0.2) is 5.78 Å². The van der Waals surface area contributed by atoms with Gasteiger partial charge in [0.2, 0.25) is 5.91 Å². The van der Waals surface area contributed by atoms with Crippen LogP contribution in [0.25, 0.3) is 6.08 Å². The smallest absolute Gasteiger partial charge is 0.221 e. The van der Waals surface area contributed by atoms with Crippen LogP contribution in [0.2, 0.25) is 0 Å². The van der Waals surface area contributed by atoms with E-state index in [4.69, 9.17) is 9.47 Å². The summed E-state index contributed by atoms with van der Waals surface area (Å²) in [5.74, 6) is 0.995. The van der Waals surface area contributed by atoms with Gasteiger partial charge in [-0.1, -0.05) is 12.1 Å². The van der Waals surface area contributed by atoms with Crippen molar-refractivity contribution >= 4 is 23.5 Å². The van der Waals surface area contributed by atoms with Gasteiger partial charge in [-0.2, -0.15) is 0 Å². The van der Waals surface area contributed by atoms with Crippen LogP contribution in [-0.4, -0.2) is 25.4 Å². The zero-order valence-corrected chi connectivity index (χ0v) is 13.5. The first-order chi connectivity index (χ1) is 11.6. The number of ketones is 1. The molecule has 0 saturated heterocycles. The van der Waals surface area contributed by atoms with Gasteiger partial charge in [0, 0.05) is 18.2 Å². The summed E-state index contributed by atoms with van der Waals surface area (Å²) < 4.78 is 10.8. The molecule has 3 rings (SSSR count). The average Bonchev–Trinajstić information content (AvgIpc) is 2.58. The largest absolute Gasteiger partial charge is 0.497 e. The van der Waals surface area contributed by atoms with Crippen LogP contribution in [0.15, 0.2) is 48.0 Å². The number of methoxy groups -OCH3 is 1. The Morgan fingerprint density at radius 2 is 1.96 bits per heavy atom. The van der Waals surface area contributed by atoms with Crippen molar-refractivity contribution in [2.45, 2.75) is 6.92 Å². The van der Waals surface area contributed by atoms with Gasteiger partial charge in [-0.15, -0.1) is 0 Å². The SMILES string of the molecule is COc1ccc2c(c1)C(=O)/C(=C\c1ccc(NC(C)=O)cc1)CO2. The predicted molar refractivity (Wildman–Crippen MR) is 91.5 cm³/mol. The fourth-order valence-corrected chi connectivity index (χ4v) is 2.51. The Morgan fingerprint density at radius 3 is 2.62 bits per heavy atom. The molecule has 2 aromatic rings. The number of carbonyl (C=O) groups excluding carboxylic acids is 2. The molecule has 122 valence electrons. The highest BCUT2D eigenvalue weighted by atomic mass is 16.5. The number of carbonyl (C=O) groups is 2. The molecular weight excluding hydrogens is 306 g/mol. The number of benzene rings is 2. The molecule has 1 N–H and O–H groups in total. The molecule has 0 bridgehead atoms. The molecule has 5 nitrogen and oxygen atoms in total. The molecule has 0 unspecified atom stereocenters. The van der Waals surface area contributed by atoms with E-state index in [-0.39, 0.29) is 18.3 Å². The molecule has 2 aromatic carbocycles. The second kappa shape index (κ2) is 6.58. The molecule has 1 aliphatic heterocycles. The molecule has 0 fully saturated rings. The fourth-order valence-electron chi connectivity index (χ4n) is 2.51. The van der Waals surface area contributed by atoms with E-state index in [1.807, 2.05) is 12.1 Å². The van der Waals surface area contributed by atoms with E-state index in [9.17, 15) is 9.59 Å². The summed E-state index contributed by atoms with van der Waals surface area (Å²) in [5.41, 5.74) is 2.65. The van der Waals surface area contributed by atoms with Crippen LogP contribution in [0.3, 0.4) is 0 Å². The lowest BCUT2D eigenvalue weighted by molar-refractivity contribution is -0.114. The minimum atomic E-state index is -0.123. The van der Waals surface area contributed by atoms with Crippen molar-refractivity contribution in [2.75, 3.05) is 19.0 Å². The van der Waals surface area contributed by atoms with Crippen LogP contribution in [0.5, 0.6) is 11.5 Å². The second-order valence-corrected chi connectivity index (χ2v) is 5.45. The molecule has 1 heterocycles. The van der Waals surface area contributed by atoms with Crippen LogP contribution >= 0.6 is 0 Å². The Bertz CT molecular complexity index is 822. The topological polar surface area (TPSA) is 64.6 Å². The van der Waals surface area contributed by atoms with Crippen molar-refractivity contribution in [3.05, 3.63) is 59.2 Å². The number of hydrogen-bond donors (Lipinski definition) is 1. The van der Waals surface area contributed by atoms with Crippen LogP contribution < -0.4 is 14.8 Å². The number of nitrogens with one attached hydrogen (secondary N) is 1. The predicted octanol–water partition coefficient (Wildman–Crippen LogP) is 3.31. The summed E-state index contributed by atoms with van der Waals surface area (Å²) in [6.07, 6.45) is 1.79. The lowest BCUT2D eigenvalue weighted by Gasteiger charge is -2.19. The van der Waals surface area contributed by atoms with Gasteiger partial charge in [0.1, 0.15) is 18.1 Å². The van der Waals surface area contributed by atoms with E-state index < -0.39 is 0 Å². The van der Waals surface area contributed by atoms with Crippen molar-refractivity contribution in [3.8, 4) is 11.5 Å². The minimum Gasteiger partial charge on any atom is -0.497 e. The van der Waals surface area contributed by atoms with E-state index in [0.29, 0.717) is 28.3 Å². The van der Waals surface area contributed by atoms with Gasteiger partial charge in [0.05, 0.1) is 12.7 Å². The third-order valence-electron chi connectivity index (χ3n) is 3.68. The summed E-state index contributed by atoms with van der Waals surface area (Å²) in [5, 5.41) is 2.70. The maximum absolute atomic E-state index is 12.6. The highest BCUT2D eigenvalue weighted by Gasteiger charge is 2.23. The summed E-state index contributed by atoms with van der Waals surface area (Å²) in [7, 11) is 1.56. The number of Topliss-reactive ketones (excluding diaryl/α,β-unsaturated/α-hetero) is 1. The van der Waals surface area contributed by atoms with Crippen molar-refractivity contribution in [1.29, 1.82) is 0 Å².